The molecule has 1 fully saturated rings. The van der Waals surface area contributed by atoms with Gasteiger partial charge in [-0.15, -0.1) is 0 Å². The lowest BCUT2D eigenvalue weighted by Gasteiger charge is -2.49. The predicted octanol–water partition coefficient (Wildman–Crippen LogP) is 1.99. The van der Waals surface area contributed by atoms with Crippen LogP contribution in [-0.4, -0.2) is 66.3 Å². The number of hydrogen-bond acceptors (Lipinski definition) is 6. The van der Waals surface area contributed by atoms with Gasteiger partial charge >= 0.3 is 0 Å². The molecule has 1 heterocycles. The molecule has 144 valence electrons. The van der Waals surface area contributed by atoms with Gasteiger partial charge in [-0.05, 0) is 6.42 Å². The number of ether oxygens (including phenoxy) is 3. The maximum absolute atomic E-state index is 10.3. The molecule has 6 nitrogen and oxygen atoms in total. The highest BCUT2D eigenvalue weighted by Crippen LogP contribution is 2.36. The van der Waals surface area contributed by atoms with Crippen LogP contribution in [0.25, 0.3) is 0 Å². The summed E-state index contributed by atoms with van der Waals surface area (Å²) in [6.45, 7) is 1.84. The highest BCUT2D eigenvalue weighted by Gasteiger charge is 2.54. The normalized spacial score (nSPS) is 33.8. The molecule has 1 rings (SSSR count). The van der Waals surface area contributed by atoms with Crippen LogP contribution in [0.15, 0.2) is 0 Å². The SMILES string of the molecule is CCCCCCCCCCC1(OC)O[C@H](CO)[C@@H](O)[C@H](O)[C@H]1OC. The third kappa shape index (κ3) is 5.64. The second-order valence-corrected chi connectivity index (χ2v) is 6.72. The molecule has 0 amide bonds. The molecule has 0 aromatic heterocycles. The van der Waals surface area contributed by atoms with E-state index in [1.54, 1.807) is 0 Å². The van der Waals surface area contributed by atoms with Crippen molar-refractivity contribution in [3.8, 4) is 0 Å². The summed E-state index contributed by atoms with van der Waals surface area (Å²) in [4.78, 5) is 0. The van der Waals surface area contributed by atoms with Crippen LogP contribution in [0.3, 0.4) is 0 Å². The quantitative estimate of drug-likeness (QED) is 0.468. The van der Waals surface area contributed by atoms with Crippen LogP contribution in [0.4, 0.5) is 0 Å². The average molecular weight is 348 g/mol. The van der Waals surface area contributed by atoms with E-state index in [9.17, 15) is 15.3 Å². The molecule has 1 aliphatic heterocycles. The van der Waals surface area contributed by atoms with Gasteiger partial charge < -0.3 is 29.5 Å². The van der Waals surface area contributed by atoms with E-state index in [-0.39, 0.29) is 6.61 Å². The van der Waals surface area contributed by atoms with E-state index in [1.165, 1.54) is 46.3 Å². The smallest absolute Gasteiger partial charge is 0.197 e. The van der Waals surface area contributed by atoms with Gasteiger partial charge in [-0.25, -0.2) is 0 Å². The Balaban J connectivity index is 2.50. The summed E-state index contributed by atoms with van der Waals surface area (Å²) in [6, 6.07) is 0. The van der Waals surface area contributed by atoms with Crippen molar-refractivity contribution in [1.82, 2.24) is 0 Å². The van der Waals surface area contributed by atoms with Crippen LogP contribution in [0.5, 0.6) is 0 Å². The maximum Gasteiger partial charge on any atom is 0.197 e. The molecule has 6 heteroatoms. The Morgan fingerprint density at radius 2 is 1.50 bits per heavy atom. The minimum atomic E-state index is -1.19. The maximum atomic E-state index is 10.3. The predicted molar refractivity (Wildman–Crippen MR) is 91.7 cm³/mol. The van der Waals surface area contributed by atoms with E-state index in [0.29, 0.717) is 6.42 Å². The lowest BCUT2D eigenvalue weighted by Crippen LogP contribution is -2.66. The molecule has 3 N–H and O–H groups in total. The van der Waals surface area contributed by atoms with Crippen LogP contribution in [0.2, 0.25) is 0 Å². The average Bonchev–Trinajstić information content (AvgIpc) is 2.60. The van der Waals surface area contributed by atoms with Crippen LogP contribution >= 0.6 is 0 Å². The van der Waals surface area contributed by atoms with Gasteiger partial charge in [-0.3, -0.25) is 0 Å². The van der Waals surface area contributed by atoms with Gasteiger partial charge in [0.2, 0.25) is 0 Å². The largest absolute Gasteiger partial charge is 0.394 e. The van der Waals surface area contributed by atoms with E-state index < -0.39 is 30.2 Å². The molecular weight excluding hydrogens is 312 g/mol. The first-order chi connectivity index (χ1) is 11.6. The summed E-state index contributed by atoms with van der Waals surface area (Å²) in [5.41, 5.74) is 0. The number of hydrogen-bond donors (Lipinski definition) is 3. The zero-order chi connectivity index (χ0) is 18.0. The summed E-state index contributed by atoms with van der Waals surface area (Å²) in [5, 5.41) is 29.7. The van der Waals surface area contributed by atoms with Crippen molar-refractivity contribution in [2.24, 2.45) is 0 Å². The molecule has 0 aromatic carbocycles. The lowest BCUT2D eigenvalue weighted by molar-refractivity contribution is -0.363. The summed E-state index contributed by atoms with van der Waals surface area (Å²) < 4.78 is 16.7. The fourth-order valence-corrected chi connectivity index (χ4v) is 3.49. The fraction of sp³-hybridized carbons (Fsp3) is 1.00. The molecule has 0 bridgehead atoms. The Kier molecular flexibility index (Phi) is 10.3. The Bertz CT molecular complexity index is 327. The van der Waals surface area contributed by atoms with Gasteiger partial charge in [-0.2, -0.15) is 0 Å². The van der Waals surface area contributed by atoms with E-state index in [1.807, 2.05) is 0 Å². The van der Waals surface area contributed by atoms with Crippen LogP contribution < -0.4 is 0 Å². The van der Waals surface area contributed by atoms with Crippen molar-refractivity contribution in [1.29, 1.82) is 0 Å². The lowest BCUT2D eigenvalue weighted by atomic mass is 9.89. The van der Waals surface area contributed by atoms with E-state index in [2.05, 4.69) is 6.92 Å². The second kappa shape index (κ2) is 11.4. The highest BCUT2D eigenvalue weighted by molar-refractivity contribution is 4.97. The number of aliphatic hydroxyl groups is 3. The molecule has 0 radical (unpaired) electrons. The molecule has 0 aromatic rings. The monoisotopic (exact) mass is 348 g/mol. The minimum Gasteiger partial charge on any atom is -0.394 e. The Hall–Kier alpha value is -0.240. The Morgan fingerprint density at radius 3 is 2.00 bits per heavy atom. The van der Waals surface area contributed by atoms with Crippen LogP contribution in [0.1, 0.15) is 64.7 Å². The molecule has 0 spiro atoms. The summed E-state index contributed by atoms with van der Waals surface area (Å²) >= 11 is 0. The van der Waals surface area contributed by atoms with Gasteiger partial charge in [0.05, 0.1) is 6.61 Å². The summed E-state index contributed by atoms with van der Waals surface area (Å²) in [5.74, 6) is -1.14. The van der Waals surface area contributed by atoms with Gasteiger partial charge in [0.15, 0.2) is 5.79 Å². The van der Waals surface area contributed by atoms with Gasteiger partial charge in [0.1, 0.15) is 24.4 Å². The molecule has 1 aliphatic rings. The summed E-state index contributed by atoms with van der Waals surface area (Å²) in [7, 11) is 2.97. The Labute approximate surface area is 146 Å². The summed E-state index contributed by atoms with van der Waals surface area (Å²) in [6.07, 6.45) is 6.00. The van der Waals surface area contributed by atoms with E-state index in [0.717, 1.165) is 19.3 Å². The van der Waals surface area contributed by atoms with E-state index >= 15 is 0 Å². The third-order valence-corrected chi connectivity index (χ3v) is 4.98. The molecule has 0 saturated carbocycles. The number of unbranched alkanes of at least 4 members (excludes halogenated alkanes) is 7. The van der Waals surface area contributed by atoms with Gasteiger partial charge in [0, 0.05) is 20.6 Å². The molecule has 1 saturated heterocycles. The van der Waals surface area contributed by atoms with E-state index in [4.69, 9.17) is 14.2 Å². The van der Waals surface area contributed by atoms with Crippen molar-refractivity contribution in [3.05, 3.63) is 0 Å². The van der Waals surface area contributed by atoms with Crippen molar-refractivity contribution < 1.29 is 29.5 Å². The van der Waals surface area contributed by atoms with Crippen molar-refractivity contribution >= 4 is 0 Å². The Morgan fingerprint density at radius 1 is 0.917 bits per heavy atom. The number of methoxy groups -OCH3 is 2. The van der Waals surface area contributed by atoms with Crippen molar-refractivity contribution in [3.63, 3.8) is 0 Å². The third-order valence-electron chi connectivity index (χ3n) is 4.98. The van der Waals surface area contributed by atoms with Gasteiger partial charge in [-0.1, -0.05) is 51.9 Å². The molecular formula is C18H36O6. The van der Waals surface area contributed by atoms with Crippen LogP contribution in [-0.2, 0) is 14.2 Å². The van der Waals surface area contributed by atoms with Crippen LogP contribution in [0, 0.1) is 0 Å². The zero-order valence-electron chi connectivity index (χ0n) is 15.4. The second-order valence-electron chi connectivity index (χ2n) is 6.72. The molecule has 0 aliphatic carbocycles. The highest BCUT2D eigenvalue weighted by atomic mass is 16.7. The number of rotatable bonds is 12. The first-order valence-corrected chi connectivity index (χ1v) is 9.29. The van der Waals surface area contributed by atoms with Crippen molar-refractivity contribution in [2.45, 2.75) is 94.9 Å². The zero-order valence-corrected chi connectivity index (χ0v) is 15.4. The minimum absolute atomic E-state index is 0.378. The fourth-order valence-electron chi connectivity index (χ4n) is 3.49. The van der Waals surface area contributed by atoms with Crippen molar-refractivity contribution in [2.75, 3.05) is 20.8 Å². The first-order valence-electron chi connectivity index (χ1n) is 9.29. The molecule has 5 atom stereocenters. The standard InChI is InChI=1S/C18H36O6/c1-4-5-6-7-8-9-10-11-12-18(23-3)17(22-2)16(21)15(20)14(13-19)24-18/h14-17,19-21H,4-13H2,1-3H3/t14-,15-,16+,17-,18?/m1/s1. The molecule has 1 unspecified atom stereocenters. The number of aliphatic hydroxyl groups excluding tert-OH is 3. The topological polar surface area (TPSA) is 88.4 Å². The first kappa shape index (κ1) is 21.8. The molecule has 24 heavy (non-hydrogen) atoms. The van der Waals surface area contributed by atoms with Gasteiger partial charge in [0.25, 0.3) is 0 Å².